The fourth-order valence-corrected chi connectivity index (χ4v) is 4.64. The van der Waals surface area contributed by atoms with Crippen molar-refractivity contribution in [3.63, 3.8) is 0 Å². The number of phenolic OH excluding ortho intramolecular Hbond substituents is 1. The topological polar surface area (TPSA) is 98.7 Å². The average Bonchev–Trinajstić information content (AvgIpc) is 3.21. The number of halogens is 1. The molecular formula is C17H20FN3O4S. The molecule has 1 amide bonds. The van der Waals surface area contributed by atoms with E-state index in [0.717, 1.165) is 24.3 Å². The first-order valence-corrected chi connectivity index (χ1v) is 10.1. The maximum atomic E-state index is 15.1. The zero-order chi connectivity index (χ0) is 18.5. The predicted molar refractivity (Wildman–Crippen MR) is 94.2 cm³/mol. The number of benzene rings is 1. The summed E-state index contributed by atoms with van der Waals surface area (Å²) in [5, 5.41) is 13.3. The van der Waals surface area contributed by atoms with E-state index in [9.17, 15) is 18.3 Å². The molecule has 2 heterocycles. The van der Waals surface area contributed by atoms with Crippen LogP contribution in [0.3, 0.4) is 0 Å². The molecule has 1 saturated carbocycles. The second kappa shape index (κ2) is 6.24. The van der Waals surface area contributed by atoms with Crippen LogP contribution in [0, 0.1) is 11.7 Å². The third-order valence-electron chi connectivity index (χ3n) is 5.05. The molecule has 4 rings (SSSR count). The third kappa shape index (κ3) is 3.16. The summed E-state index contributed by atoms with van der Waals surface area (Å²) in [6.45, 7) is -0.0853. The van der Waals surface area contributed by atoms with E-state index in [-0.39, 0.29) is 11.6 Å². The van der Waals surface area contributed by atoms with Crippen molar-refractivity contribution in [1.82, 2.24) is 10.0 Å². The number of anilines is 1. The summed E-state index contributed by atoms with van der Waals surface area (Å²) in [7, 11) is -4.20. The minimum Gasteiger partial charge on any atom is -0.506 e. The molecule has 7 nitrogen and oxygen atoms in total. The Bertz CT molecular complexity index is 896. The summed E-state index contributed by atoms with van der Waals surface area (Å²) in [6, 6.07) is 2.86. The maximum Gasteiger partial charge on any atom is 0.326 e. The van der Waals surface area contributed by atoms with Gasteiger partial charge in [-0.3, -0.25) is 4.79 Å². The van der Waals surface area contributed by atoms with Crippen LogP contribution >= 0.6 is 0 Å². The first-order chi connectivity index (χ1) is 12.3. The molecule has 2 aliphatic heterocycles. The van der Waals surface area contributed by atoms with Gasteiger partial charge in [-0.25, -0.2) is 13.4 Å². The average molecular weight is 381 g/mol. The Morgan fingerprint density at radius 1 is 1.27 bits per heavy atom. The molecule has 2 fully saturated rings. The zero-order valence-corrected chi connectivity index (χ0v) is 14.9. The number of hydrogen-bond donors (Lipinski definition) is 3. The molecule has 1 saturated heterocycles. The molecule has 0 spiro atoms. The fourth-order valence-electron chi connectivity index (χ4n) is 3.48. The van der Waals surface area contributed by atoms with Crippen molar-refractivity contribution >= 4 is 27.4 Å². The van der Waals surface area contributed by atoms with E-state index in [4.69, 9.17) is 0 Å². The molecule has 9 heteroatoms. The van der Waals surface area contributed by atoms with Crippen molar-refractivity contribution in [3.8, 4) is 5.75 Å². The number of amides is 1. The van der Waals surface area contributed by atoms with Gasteiger partial charge in [-0.15, -0.1) is 0 Å². The quantitative estimate of drug-likeness (QED) is 0.713. The summed E-state index contributed by atoms with van der Waals surface area (Å²) < 4.78 is 41.4. The van der Waals surface area contributed by atoms with Gasteiger partial charge in [0.05, 0.1) is 0 Å². The highest BCUT2D eigenvalue weighted by molar-refractivity contribution is 7.92. The molecule has 0 radical (unpaired) electrons. The van der Waals surface area contributed by atoms with Gasteiger partial charge in [0.15, 0.2) is 5.82 Å². The molecule has 140 valence electrons. The van der Waals surface area contributed by atoms with E-state index < -0.39 is 39.9 Å². The van der Waals surface area contributed by atoms with Crippen molar-refractivity contribution in [3.05, 3.63) is 29.6 Å². The highest BCUT2D eigenvalue weighted by Crippen LogP contribution is 2.38. The second-order valence-corrected chi connectivity index (χ2v) is 8.63. The van der Waals surface area contributed by atoms with Crippen LogP contribution < -0.4 is 14.3 Å². The molecule has 1 aromatic rings. The third-order valence-corrected chi connectivity index (χ3v) is 6.43. The molecule has 1 aromatic carbocycles. The van der Waals surface area contributed by atoms with E-state index in [1.807, 2.05) is 6.08 Å². The van der Waals surface area contributed by atoms with Gasteiger partial charge in [0, 0.05) is 18.2 Å². The Hall–Kier alpha value is -2.13. The number of rotatable bonds is 5. The summed E-state index contributed by atoms with van der Waals surface area (Å²) in [5.74, 6) is -1.32. The van der Waals surface area contributed by atoms with Crippen molar-refractivity contribution < 1.29 is 22.7 Å². The van der Waals surface area contributed by atoms with Gasteiger partial charge in [0.25, 0.3) is 5.91 Å². The first kappa shape index (κ1) is 17.3. The highest BCUT2D eigenvalue weighted by atomic mass is 32.2. The minimum absolute atomic E-state index is 0.168. The number of carbonyl (C=O) groups excluding carboxylic acids is 1. The Labute approximate surface area is 151 Å². The number of phenols is 1. The highest BCUT2D eigenvalue weighted by Gasteiger charge is 2.38. The Morgan fingerprint density at radius 2 is 2.04 bits per heavy atom. The smallest absolute Gasteiger partial charge is 0.326 e. The van der Waals surface area contributed by atoms with Crippen molar-refractivity contribution in [1.29, 1.82) is 0 Å². The monoisotopic (exact) mass is 381 g/mol. The van der Waals surface area contributed by atoms with Crippen LogP contribution in [0.25, 0.3) is 5.57 Å². The molecule has 0 aromatic heterocycles. The first-order valence-electron chi connectivity index (χ1n) is 8.64. The van der Waals surface area contributed by atoms with Crippen molar-refractivity contribution in [2.45, 2.75) is 31.7 Å². The van der Waals surface area contributed by atoms with Crippen molar-refractivity contribution in [2.75, 3.05) is 17.4 Å². The number of aromatic hydroxyl groups is 1. The van der Waals surface area contributed by atoms with Gasteiger partial charge in [-0.1, -0.05) is 18.9 Å². The van der Waals surface area contributed by atoms with Crippen LogP contribution in [-0.4, -0.2) is 38.6 Å². The molecule has 1 atom stereocenters. The molecule has 0 unspecified atom stereocenters. The second-order valence-electron chi connectivity index (χ2n) is 7.03. The summed E-state index contributed by atoms with van der Waals surface area (Å²) in [4.78, 5) is 11.4. The maximum absolute atomic E-state index is 15.1. The van der Waals surface area contributed by atoms with E-state index in [1.165, 1.54) is 25.0 Å². The summed E-state index contributed by atoms with van der Waals surface area (Å²) in [6.07, 6.45) is 6.67. The standard InChI is InChI=1S/C17H20FN3O4S/c18-16-13(11-7-12(19-8-11)4-3-10-1-2-10)5-6-14(22)17(16)21-9-15(23)20-26(21,24)25/h5-7,10,12,19,22H,1-4,8-9H2,(H,20,23)/t12-/m1/s1. The van der Waals surface area contributed by atoms with Gasteiger partial charge < -0.3 is 10.4 Å². The van der Waals surface area contributed by atoms with E-state index in [0.29, 0.717) is 10.8 Å². The molecule has 3 aliphatic rings. The van der Waals surface area contributed by atoms with Gasteiger partial charge in [-0.05, 0) is 36.5 Å². The lowest BCUT2D eigenvalue weighted by Crippen LogP contribution is -2.30. The SMILES string of the molecule is O=C1CN(c2c(O)ccc(C3=C[C@@H](CCC4CC4)NC3)c2F)S(=O)(=O)N1. The molecule has 1 aliphatic carbocycles. The van der Waals surface area contributed by atoms with Crippen LogP contribution in [0.1, 0.15) is 31.2 Å². The number of nitrogens with one attached hydrogen (secondary N) is 2. The lowest BCUT2D eigenvalue weighted by molar-refractivity contribution is -0.117. The van der Waals surface area contributed by atoms with E-state index in [2.05, 4.69) is 5.32 Å². The van der Waals surface area contributed by atoms with Crippen molar-refractivity contribution in [2.24, 2.45) is 5.92 Å². The normalized spacial score (nSPS) is 24.7. The Morgan fingerprint density at radius 3 is 2.69 bits per heavy atom. The van der Waals surface area contributed by atoms with Crippen LogP contribution in [0.15, 0.2) is 18.2 Å². The molecular weight excluding hydrogens is 361 g/mol. The lowest BCUT2D eigenvalue weighted by atomic mass is 10.0. The Balaban J connectivity index is 1.64. The van der Waals surface area contributed by atoms with Gasteiger partial charge in [-0.2, -0.15) is 8.42 Å². The van der Waals surface area contributed by atoms with Crippen LogP contribution in [0.5, 0.6) is 5.75 Å². The number of nitrogens with zero attached hydrogens (tertiary/aromatic N) is 1. The fraction of sp³-hybridized carbons (Fsp3) is 0.471. The van der Waals surface area contributed by atoms with Gasteiger partial charge in [0.2, 0.25) is 0 Å². The molecule has 0 bridgehead atoms. The number of hydrogen-bond acceptors (Lipinski definition) is 5. The minimum atomic E-state index is -4.20. The summed E-state index contributed by atoms with van der Waals surface area (Å²) in [5.41, 5.74) is 0.456. The largest absolute Gasteiger partial charge is 0.506 e. The Kier molecular flexibility index (Phi) is 4.15. The number of carbonyl (C=O) groups is 1. The predicted octanol–water partition coefficient (Wildman–Crippen LogP) is 1.26. The van der Waals surface area contributed by atoms with E-state index >= 15 is 4.39 Å². The van der Waals surface area contributed by atoms with Gasteiger partial charge >= 0.3 is 10.2 Å². The molecule has 26 heavy (non-hydrogen) atoms. The lowest BCUT2D eigenvalue weighted by Gasteiger charge is -2.18. The van der Waals surface area contributed by atoms with E-state index in [1.54, 1.807) is 4.72 Å². The molecule has 3 N–H and O–H groups in total. The van der Waals surface area contributed by atoms with Crippen LogP contribution in [0.4, 0.5) is 10.1 Å². The van der Waals surface area contributed by atoms with Crippen LogP contribution in [0.2, 0.25) is 0 Å². The van der Waals surface area contributed by atoms with Gasteiger partial charge in [0.1, 0.15) is 18.0 Å². The summed E-state index contributed by atoms with van der Waals surface area (Å²) >= 11 is 0. The van der Waals surface area contributed by atoms with Crippen LogP contribution in [-0.2, 0) is 15.0 Å². The zero-order valence-electron chi connectivity index (χ0n) is 14.0.